The van der Waals surface area contributed by atoms with E-state index in [1.54, 1.807) is 7.11 Å². The molecule has 1 N–H and O–H groups in total. The molecule has 0 spiro atoms. The van der Waals surface area contributed by atoms with Crippen molar-refractivity contribution in [2.24, 2.45) is 0 Å². The van der Waals surface area contributed by atoms with Crippen LogP contribution in [0.2, 0.25) is 0 Å². The maximum atomic E-state index is 13.4. The Morgan fingerprint density at radius 1 is 1.00 bits per heavy atom. The van der Waals surface area contributed by atoms with Gasteiger partial charge >= 0.3 is 5.97 Å². The zero-order valence-electron chi connectivity index (χ0n) is 21.3. The topological polar surface area (TPSA) is 93.1 Å². The molecule has 0 saturated carbocycles. The summed E-state index contributed by atoms with van der Waals surface area (Å²) < 4.78 is 12.5. The van der Waals surface area contributed by atoms with Crippen molar-refractivity contribution in [3.8, 4) is 11.5 Å². The Kier molecular flexibility index (Phi) is 7.70. The van der Waals surface area contributed by atoms with Gasteiger partial charge in [0.05, 0.1) is 18.0 Å². The second-order valence-electron chi connectivity index (χ2n) is 9.81. The number of hydrogen-bond acceptors (Lipinski definition) is 6. The van der Waals surface area contributed by atoms with Crippen LogP contribution in [0.1, 0.15) is 62.0 Å². The van der Waals surface area contributed by atoms with Crippen LogP contribution in [-0.4, -0.2) is 41.2 Å². The largest absolute Gasteiger partial charge is 0.493 e. The highest BCUT2D eigenvalue weighted by Gasteiger charge is 2.43. The third-order valence-corrected chi connectivity index (χ3v) is 8.04. The van der Waals surface area contributed by atoms with Gasteiger partial charge in [-0.3, -0.25) is 14.4 Å². The Morgan fingerprint density at radius 2 is 1.63 bits per heavy atom. The maximum absolute atomic E-state index is 13.4. The fourth-order valence-electron chi connectivity index (χ4n) is 5.80. The second-order valence-corrected chi connectivity index (χ2v) is 10.7. The molecule has 0 bridgehead atoms. The first kappa shape index (κ1) is 26.2. The van der Waals surface area contributed by atoms with Gasteiger partial charge in [-0.05, 0) is 64.9 Å². The first-order chi connectivity index (χ1) is 18.4. The minimum absolute atomic E-state index is 0.0148. The molecule has 3 aliphatic rings. The van der Waals surface area contributed by atoms with Gasteiger partial charge in [0.2, 0.25) is 0 Å². The van der Waals surface area contributed by atoms with Gasteiger partial charge in [0, 0.05) is 47.8 Å². The molecule has 0 aromatic heterocycles. The number of carbonyl (C=O) groups is 3. The number of benzene rings is 2. The van der Waals surface area contributed by atoms with Crippen molar-refractivity contribution in [2.45, 2.75) is 57.5 Å². The van der Waals surface area contributed by atoms with E-state index in [9.17, 15) is 19.5 Å². The van der Waals surface area contributed by atoms with Crippen LogP contribution >= 0.6 is 15.9 Å². The third kappa shape index (κ3) is 5.01. The van der Waals surface area contributed by atoms with Gasteiger partial charge in [-0.1, -0.05) is 30.3 Å². The lowest BCUT2D eigenvalue weighted by atomic mass is 9.71. The molecule has 1 heterocycles. The van der Waals surface area contributed by atoms with Crippen molar-refractivity contribution in [3.05, 3.63) is 80.6 Å². The number of allylic oxidation sites excluding steroid dienone is 4. The summed E-state index contributed by atoms with van der Waals surface area (Å²) >= 11 is 3.66. The standard InChI is InChI=1S/C30H30BrNO6/c1-37-25-16-19(15-20(31)30(25)38-17-18-7-3-2-4-8-18)27-28-21(9-5-11-23(28)33)32(14-13-26(35)36)22-10-6-12-24(34)29(22)27/h2-4,7-8,15-16,27H,5-6,9-14,17H2,1H3,(H,35,36). The number of methoxy groups -OCH3 is 1. The van der Waals surface area contributed by atoms with E-state index in [2.05, 4.69) is 15.9 Å². The van der Waals surface area contributed by atoms with Gasteiger partial charge in [-0.25, -0.2) is 0 Å². The Hall–Kier alpha value is -3.39. The molecule has 2 aromatic rings. The number of hydrogen-bond donors (Lipinski definition) is 1. The highest BCUT2D eigenvalue weighted by molar-refractivity contribution is 9.10. The molecule has 2 aromatic carbocycles. The first-order valence-corrected chi connectivity index (χ1v) is 13.7. The number of nitrogens with zero attached hydrogens (tertiary/aromatic N) is 1. The molecule has 5 rings (SSSR count). The van der Waals surface area contributed by atoms with E-state index in [1.165, 1.54) is 0 Å². The highest BCUT2D eigenvalue weighted by atomic mass is 79.9. The van der Waals surface area contributed by atoms with Crippen LogP contribution in [0.4, 0.5) is 0 Å². The van der Waals surface area contributed by atoms with E-state index in [0.717, 1.165) is 22.5 Å². The number of ether oxygens (including phenoxy) is 2. The number of carboxylic acids is 1. The van der Waals surface area contributed by atoms with Gasteiger partial charge in [-0.15, -0.1) is 0 Å². The lowest BCUT2D eigenvalue weighted by molar-refractivity contribution is -0.137. The molecule has 0 saturated heterocycles. The summed E-state index contributed by atoms with van der Waals surface area (Å²) in [5.41, 5.74) is 4.75. The van der Waals surface area contributed by atoms with Crippen molar-refractivity contribution in [3.63, 3.8) is 0 Å². The van der Waals surface area contributed by atoms with Gasteiger partial charge in [-0.2, -0.15) is 0 Å². The molecule has 0 amide bonds. The summed E-state index contributed by atoms with van der Waals surface area (Å²) in [5.74, 6) is -0.334. The number of ketones is 2. The molecule has 1 aliphatic heterocycles. The van der Waals surface area contributed by atoms with Crippen molar-refractivity contribution < 1.29 is 29.0 Å². The molecule has 0 unspecified atom stereocenters. The second kappa shape index (κ2) is 11.2. The molecule has 8 heteroatoms. The van der Waals surface area contributed by atoms with E-state index in [4.69, 9.17) is 9.47 Å². The zero-order valence-corrected chi connectivity index (χ0v) is 22.9. The molecule has 0 fully saturated rings. The van der Waals surface area contributed by atoms with E-state index < -0.39 is 11.9 Å². The Labute approximate surface area is 230 Å². The van der Waals surface area contributed by atoms with Crippen LogP contribution in [0.5, 0.6) is 11.5 Å². The van der Waals surface area contributed by atoms with E-state index in [-0.39, 0.29) is 24.5 Å². The lowest BCUT2D eigenvalue weighted by Crippen LogP contribution is -2.39. The van der Waals surface area contributed by atoms with Crippen LogP contribution in [-0.2, 0) is 21.0 Å². The van der Waals surface area contributed by atoms with Crippen molar-refractivity contribution in [1.29, 1.82) is 0 Å². The Bertz CT molecular complexity index is 1300. The molecule has 7 nitrogen and oxygen atoms in total. The lowest BCUT2D eigenvalue weighted by Gasteiger charge is -2.44. The summed E-state index contributed by atoms with van der Waals surface area (Å²) in [7, 11) is 1.57. The monoisotopic (exact) mass is 579 g/mol. The number of Topliss-reactive ketones (excluding diaryl/α,β-unsaturated/α-hetero) is 2. The molecule has 0 radical (unpaired) electrons. The van der Waals surface area contributed by atoms with Gasteiger partial charge < -0.3 is 19.5 Å². The van der Waals surface area contributed by atoms with Gasteiger partial charge in [0.15, 0.2) is 23.1 Å². The number of rotatable bonds is 8. The van der Waals surface area contributed by atoms with Gasteiger partial charge in [0.25, 0.3) is 0 Å². The number of carboxylic acid groups (broad SMARTS) is 1. The Balaban J connectivity index is 1.60. The molecular formula is C30H30BrNO6. The summed E-state index contributed by atoms with van der Waals surface area (Å²) in [6.45, 7) is 0.609. The summed E-state index contributed by atoms with van der Waals surface area (Å²) in [6, 6.07) is 13.6. The summed E-state index contributed by atoms with van der Waals surface area (Å²) in [5, 5.41) is 9.38. The van der Waals surface area contributed by atoms with E-state index >= 15 is 0 Å². The van der Waals surface area contributed by atoms with Crippen molar-refractivity contribution >= 4 is 33.5 Å². The minimum atomic E-state index is -0.902. The molecule has 198 valence electrons. The number of halogens is 1. The smallest absolute Gasteiger partial charge is 0.305 e. The van der Waals surface area contributed by atoms with Crippen molar-refractivity contribution in [1.82, 2.24) is 4.90 Å². The normalized spacial score (nSPS) is 17.9. The fraction of sp³-hybridized carbons (Fsp3) is 0.367. The number of aliphatic carboxylic acids is 1. The predicted molar refractivity (Wildman–Crippen MR) is 145 cm³/mol. The van der Waals surface area contributed by atoms with Crippen LogP contribution in [0.3, 0.4) is 0 Å². The summed E-state index contributed by atoms with van der Waals surface area (Å²) in [6.07, 6.45) is 3.55. The van der Waals surface area contributed by atoms with E-state index in [1.807, 2.05) is 47.4 Å². The third-order valence-electron chi connectivity index (χ3n) is 7.45. The number of carbonyl (C=O) groups excluding carboxylic acids is 2. The van der Waals surface area contributed by atoms with Crippen LogP contribution in [0.25, 0.3) is 0 Å². The summed E-state index contributed by atoms with van der Waals surface area (Å²) in [4.78, 5) is 40.3. The van der Waals surface area contributed by atoms with Crippen LogP contribution in [0, 0.1) is 0 Å². The molecule has 0 atom stereocenters. The highest BCUT2D eigenvalue weighted by Crippen LogP contribution is 2.51. The fourth-order valence-corrected chi connectivity index (χ4v) is 6.38. The quantitative estimate of drug-likeness (QED) is 0.414. The Morgan fingerprint density at radius 3 is 2.21 bits per heavy atom. The molecule has 2 aliphatic carbocycles. The molecular weight excluding hydrogens is 550 g/mol. The van der Waals surface area contributed by atoms with E-state index in [0.29, 0.717) is 72.2 Å². The predicted octanol–water partition coefficient (Wildman–Crippen LogP) is 5.92. The minimum Gasteiger partial charge on any atom is -0.493 e. The maximum Gasteiger partial charge on any atom is 0.305 e. The average molecular weight is 580 g/mol. The first-order valence-electron chi connectivity index (χ1n) is 12.9. The molecule has 38 heavy (non-hydrogen) atoms. The van der Waals surface area contributed by atoms with Crippen LogP contribution in [0.15, 0.2) is 69.5 Å². The average Bonchev–Trinajstić information content (AvgIpc) is 2.91. The zero-order chi connectivity index (χ0) is 26.8. The van der Waals surface area contributed by atoms with Crippen LogP contribution < -0.4 is 9.47 Å². The van der Waals surface area contributed by atoms with Crippen molar-refractivity contribution in [2.75, 3.05) is 13.7 Å². The van der Waals surface area contributed by atoms with Gasteiger partial charge in [0.1, 0.15) is 6.61 Å². The SMILES string of the molecule is COc1cc(C2C3=C(CCCC3=O)N(CCC(=O)O)C3=C2C(=O)CCC3)cc(Br)c1OCc1ccccc1.